The summed E-state index contributed by atoms with van der Waals surface area (Å²) in [5.41, 5.74) is 2.69. The predicted molar refractivity (Wildman–Crippen MR) is 88.1 cm³/mol. The SMILES string of the molecule is CCCC[NH2+]CCOCCOc1ccc(C(C)C)c(C)c1. The molecule has 1 rings (SSSR count). The fourth-order valence-electron chi connectivity index (χ4n) is 2.37. The zero-order valence-corrected chi connectivity index (χ0v) is 14.2. The lowest BCUT2D eigenvalue weighted by Gasteiger charge is -2.12. The molecule has 0 heterocycles. The van der Waals surface area contributed by atoms with E-state index in [2.05, 4.69) is 51.2 Å². The van der Waals surface area contributed by atoms with Crippen molar-refractivity contribution in [1.29, 1.82) is 0 Å². The van der Waals surface area contributed by atoms with Crippen molar-refractivity contribution in [3.63, 3.8) is 0 Å². The lowest BCUT2D eigenvalue weighted by Crippen LogP contribution is -2.85. The van der Waals surface area contributed by atoms with Crippen LogP contribution in [0.25, 0.3) is 0 Å². The van der Waals surface area contributed by atoms with Gasteiger partial charge in [0.2, 0.25) is 0 Å². The maximum Gasteiger partial charge on any atom is 0.119 e. The van der Waals surface area contributed by atoms with Crippen molar-refractivity contribution in [2.24, 2.45) is 0 Å². The van der Waals surface area contributed by atoms with Crippen LogP contribution in [0.3, 0.4) is 0 Å². The molecule has 0 saturated heterocycles. The van der Waals surface area contributed by atoms with Gasteiger partial charge in [-0.05, 0) is 42.5 Å². The Hall–Kier alpha value is -1.06. The number of unbranched alkanes of at least 4 members (excludes halogenated alkanes) is 1. The van der Waals surface area contributed by atoms with Crippen LogP contribution < -0.4 is 10.1 Å². The summed E-state index contributed by atoms with van der Waals surface area (Å²) in [5.74, 6) is 1.50. The molecule has 3 nitrogen and oxygen atoms in total. The highest BCUT2D eigenvalue weighted by Gasteiger charge is 2.04. The molecular formula is C18H32NO2+. The average Bonchev–Trinajstić information content (AvgIpc) is 2.45. The van der Waals surface area contributed by atoms with E-state index in [1.807, 2.05) is 0 Å². The first-order valence-electron chi connectivity index (χ1n) is 8.28. The minimum atomic E-state index is 0.561. The fraction of sp³-hybridized carbons (Fsp3) is 0.667. The third-order valence-corrected chi connectivity index (χ3v) is 3.59. The van der Waals surface area contributed by atoms with Crippen molar-refractivity contribution in [3.8, 4) is 5.75 Å². The van der Waals surface area contributed by atoms with E-state index in [0.717, 1.165) is 18.9 Å². The van der Waals surface area contributed by atoms with Gasteiger partial charge in [0.1, 0.15) is 12.4 Å². The molecule has 0 amide bonds. The van der Waals surface area contributed by atoms with Crippen LogP contribution in [-0.4, -0.2) is 32.9 Å². The quantitative estimate of drug-likeness (QED) is 0.637. The van der Waals surface area contributed by atoms with Crippen LogP contribution in [0, 0.1) is 6.92 Å². The number of hydrogen-bond acceptors (Lipinski definition) is 2. The summed E-state index contributed by atoms with van der Waals surface area (Å²) in [6, 6.07) is 6.34. The van der Waals surface area contributed by atoms with E-state index >= 15 is 0 Å². The van der Waals surface area contributed by atoms with Gasteiger partial charge in [0, 0.05) is 0 Å². The molecule has 0 unspecified atom stereocenters. The smallest absolute Gasteiger partial charge is 0.119 e. The summed E-state index contributed by atoms with van der Waals surface area (Å²) in [6.45, 7) is 13.1. The van der Waals surface area contributed by atoms with Crippen LogP contribution >= 0.6 is 0 Å². The first kappa shape index (κ1) is 18.0. The Bertz CT molecular complexity index is 391. The molecule has 1 aromatic carbocycles. The molecule has 0 bridgehead atoms. The Balaban J connectivity index is 2.11. The summed E-state index contributed by atoms with van der Waals surface area (Å²) in [7, 11) is 0. The largest absolute Gasteiger partial charge is 0.491 e. The van der Waals surface area contributed by atoms with Gasteiger partial charge in [0.25, 0.3) is 0 Å². The Kier molecular flexibility index (Phi) is 9.11. The summed E-state index contributed by atoms with van der Waals surface area (Å²) >= 11 is 0. The second-order valence-electron chi connectivity index (χ2n) is 5.85. The molecule has 0 atom stereocenters. The zero-order valence-electron chi connectivity index (χ0n) is 14.2. The van der Waals surface area contributed by atoms with Gasteiger partial charge in [-0.2, -0.15) is 0 Å². The molecule has 0 aliphatic rings. The van der Waals surface area contributed by atoms with Crippen LogP contribution in [-0.2, 0) is 4.74 Å². The molecule has 0 aliphatic heterocycles. The van der Waals surface area contributed by atoms with Gasteiger partial charge in [0.15, 0.2) is 0 Å². The van der Waals surface area contributed by atoms with E-state index in [1.54, 1.807) is 0 Å². The van der Waals surface area contributed by atoms with Gasteiger partial charge >= 0.3 is 0 Å². The normalized spacial score (nSPS) is 11.1. The Morgan fingerprint density at radius 1 is 1.10 bits per heavy atom. The lowest BCUT2D eigenvalue weighted by molar-refractivity contribution is -0.656. The Labute approximate surface area is 130 Å². The van der Waals surface area contributed by atoms with Crippen LogP contribution in [0.1, 0.15) is 50.7 Å². The van der Waals surface area contributed by atoms with Crippen molar-refractivity contribution >= 4 is 0 Å². The van der Waals surface area contributed by atoms with Gasteiger partial charge in [-0.25, -0.2) is 0 Å². The first-order valence-corrected chi connectivity index (χ1v) is 8.28. The first-order chi connectivity index (χ1) is 10.1. The van der Waals surface area contributed by atoms with E-state index < -0.39 is 0 Å². The lowest BCUT2D eigenvalue weighted by atomic mass is 9.98. The number of ether oxygens (including phenoxy) is 2. The molecule has 0 aliphatic carbocycles. The maximum atomic E-state index is 5.73. The van der Waals surface area contributed by atoms with Crippen molar-refractivity contribution in [1.82, 2.24) is 0 Å². The average molecular weight is 294 g/mol. The molecule has 0 fully saturated rings. The van der Waals surface area contributed by atoms with Gasteiger partial charge in [-0.15, -0.1) is 0 Å². The van der Waals surface area contributed by atoms with Gasteiger partial charge in [0.05, 0.1) is 26.3 Å². The molecular weight excluding hydrogens is 262 g/mol. The number of rotatable bonds is 11. The van der Waals surface area contributed by atoms with Crippen LogP contribution in [0.4, 0.5) is 0 Å². The molecule has 120 valence electrons. The van der Waals surface area contributed by atoms with E-state index in [9.17, 15) is 0 Å². The molecule has 0 radical (unpaired) electrons. The summed E-state index contributed by atoms with van der Waals surface area (Å²) in [4.78, 5) is 0. The van der Waals surface area contributed by atoms with E-state index in [1.165, 1.54) is 30.5 Å². The molecule has 0 saturated carbocycles. The van der Waals surface area contributed by atoms with Gasteiger partial charge in [-0.3, -0.25) is 0 Å². The molecule has 0 spiro atoms. The molecule has 2 N–H and O–H groups in total. The molecule has 1 aromatic rings. The fourth-order valence-corrected chi connectivity index (χ4v) is 2.37. The van der Waals surface area contributed by atoms with E-state index in [-0.39, 0.29) is 0 Å². The standard InChI is InChI=1S/C18H31NO2/c1-5-6-9-19-10-11-20-12-13-21-17-7-8-18(15(2)3)16(4)14-17/h7-8,14-15,19H,5-6,9-13H2,1-4H3/p+1. The molecule has 3 heteroatoms. The van der Waals surface area contributed by atoms with Crippen LogP contribution in [0.5, 0.6) is 5.75 Å². The second-order valence-corrected chi connectivity index (χ2v) is 5.85. The number of nitrogens with two attached hydrogens (primary N) is 1. The van der Waals surface area contributed by atoms with E-state index in [4.69, 9.17) is 9.47 Å². The second kappa shape index (κ2) is 10.6. The number of hydrogen-bond donors (Lipinski definition) is 1. The van der Waals surface area contributed by atoms with Gasteiger partial charge in [-0.1, -0.05) is 33.3 Å². The molecule has 21 heavy (non-hydrogen) atoms. The van der Waals surface area contributed by atoms with Crippen molar-refractivity contribution in [3.05, 3.63) is 29.3 Å². The predicted octanol–water partition coefficient (Wildman–Crippen LogP) is 2.88. The van der Waals surface area contributed by atoms with Crippen LogP contribution in [0.2, 0.25) is 0 Å². The van der Waals surface area contributed by atoms with Gasteiger partial charge < -0.3 is 14.8 Å². The van der Waals surface area contributed by atoms with Crippen molar-refractivity contribution in [2.45, 2.75) is 46.5 Å². The summed E-state index contributed by atoms with van der Waals surface area (Å²) < 4.78 is 11.3. The minimum Gasteiger partial charge on any atom is -0.491 e. The van der Waals surface area contributed by atoms with E-state index in [0.29, 0.717) is 19.1 Å². The van der Waals surface area contributed by atoms with Crippen molar-refractivity contribution < 1.29 is 14.8 Å². The number of quaternary nitrogens is 1. The summed E-state index contributed by atoms with van der Waals surface area (Å²) in [6.07, 6.45) is 2.55. The van der Waals surface area contributed by atoms with Crippen molar-refractivity contribution in [2.75, 3.05) is 32.9 Å². The Morgan fingerprint density at radius 3 is 2.57 bits per heavy atom. The monoisotopic (exact) mass is 294 g/mol. The highest BCUT2D eigenvalue weighted by Crippen LogP contribution is 2.23. The summed E-state index contributed by atoms with van der Waals surface area (Å²) in [5, 5.41) is 2.32. The minimum absolute atomic E-state index is 0.561. The number of aryl methyl sites for hydroxylation is 1. The topological polar surface area (TPSA) is 35.1 Å². The number of benzene rings is 1. The highest BCUT2D eigenvalue weighted by atomic mass is 16.5. The zero-order chi connectivity index (χ0) is 15.5. The third kappa shape index (κ3) is 7.49. The highest BCUT2D eigenvalue weighted by molar-refractivity contribution is 5.36. The molecule has 0 aromatic heterocycles. The van der Waals surface area contributed by atoms with Crippen LogP contribution in [0.15, 0.2) is 18.2 Å². The third-order valence-electron chi connectivity index (χ3n) is 3.59. The maximum absolute atomic E-state index is 5.73. The Morgan fingerprint density at radius 2 is 1.90 bits per heavy atom.